The van der Waals surface area contributed by atoms with Crippen molar-refractivity contribution in [1.82, 2.24) is 0 Å². The van der Waals surface area contributed by atoms with Crippen LogP contribution in [0.3, 0.4) is 0 Å². The molecule has 0 heterocycles. The molecule has 4 aliphatic rings. The van der Waals surface area contributed by atoms with Crippen molar-refractivity contribution in [2.24, 2.45) is 46.3 Å². The van der Waals surface area contributed by atoms with Crippen molar-refractivity contribution in [3.8, 4) is 0 Å². The number of carbonyl (C=O) groups excluding carboxylic acids is 1. The molecule has 0 aliphatic heterocycles. The van der Waals surface area contributed by atoms with Gasteiger partial charge in [-0.25, -0.2) is 0 Å². The lowest BCUT2D eigenvalue weighted by molar-refractivity contribution is -0.151. The molecule has 0 saturated heterocycles. The highest BCUT2D eigenvalue weighted by atomic mass is 16.5. The first kappa shape index (κ1) is 23.8. The Morgan fingerprint density at radius 2 is 1.81 bits per heavy atom. The fourth-order valence-electron chi connectivity index (χ4n) is 7.75. The van der Waals surface area contributed by atoms with Gasteiger partial charge in [-0.2, -0.15) is 0 Å². The molecular weight excluding hydrogens is 392 g/mol. The number of esters is 1. The predicted octanol–water partition coefficient (Wildman–Crippen LogP) is 7.90. The molecule has 0 N–H and O–H groups in total. The minimum absolute atomic E-state index is 0.118. The molecule has 178 valence electrons. The Morgan fingerprint density at radius 1 is 1.06 bits per heavy atom. The van der Waals surface area contributed by atoms with Crippen LogP contribution in [0.1, 0.15) is 93.4 Å². The highest BCUT2D eigenvalue weighted by Crippen LogP contribution is 2.65. The number of carbonyl (C=O) groups is 1. The molecule has 2 fully saturated rings. The van der Waals surface area contributed by atoms with Crippen LogP contribution in [0.2, 0.25) is 0 Å². The molecule has 32 heavy (non-hydrogen) atoms. The van der Waals surface area contributed by atoms with Crippen LogP contribution in [0.5, 0.6) is 0 Å². The first-order valence-corrected chi connectivity index (χ1v) is 13.3. The van der Waals surface area contributed by atoms with E-state index in [1.54, 1.807) is 18.1 Å². The summed E-state index contributed by atoms with van der Waals surface area (Å²) in [4.78, 5) is 11.5. The second-order valence-electron chi connectivity index (χ2n) is 12.4. The smallest absolute Gasteiger partial charge is 0.302 e. The minimum Gasteiger partial charge on any atom is -0.463 e. The summed E-state index contributed by atoms with van der Waals surface area (Å²) in [6, 6.07) is 0. The summed E-state index contributed by atoms with van der Waals surface area (Å²) in [7, 11) is 0. The Bertz CT molecular complexity index is 817. The molecule has 2 nitrogen and oxygen atoms in total. The van der Waals surface area contributed by atoms with E-state index in [-0.39, 0.29) is 12.1 Å². The van der Waals surface area contributed by atoms with Crippen molar-refractivity contribution < 1.29 is 9.53 Å². The minimum atomic E-state index is -0.118. The molecule has 0 radical (unpaired) electrons. The van der Waals surface area contributed by atoms with Gasteiger partial charge >= 0.3 is 5.97 Å². The van der Waals surface area contributed by atoms with Crippen molar-refractivity contribution in [2.75, 3.05) is 0 Å². The van der Waals surface area contributed by atoms with E-state index in [1.165, 1.54) is 25.7 Å². The molecule has 2 heteroatoms. The highest BCUT2D eigenvalue weighted by Gasteiger charge is 2.55. The van der Waals surface area contributed by atoms with E-state index in [2.05, 4.69) is 65.8 Å². The van der Waals surface area contributed by atoms with Crippen LogP contribution in [0.25, 0.3) is 0 Å². The van der Waals surface area contributed by atoms with Gasteiger partial charge in [0.1, 0.15) is 6.10 Å². The van der Waals surface area contributed by atoms with Gasteiger partial charge in [-0.3, -0.25) is 4.79 Å². The predicted molar refractivity (Wildman–Crippen MR) is 133 cm³/mol. The lowest BCUT2D eigenvalue weighted by Gasteiger charge is -2.56. The van der Waals surface area contributed by atoms with Crippen molar-refractivity contribution >= 4 is 5.97 Å². The molecule has 8 atom stereocenters. The average Bonchev–Trinajstić information content (AvgIpc) is 3.08. The van der Waals surface area contributed by atoms with Crippen molar-refractivity contribution in [1.29, 1.82) is 0 Å². The number of fused-ring (bicyclic) bond motifs is 5. The van der Waals surface area contributed by atoms with Gasteiger partial charge in [0.05, 0.1) is 0 Å². The van der Waals surface area contributed by atoms with Crippen molar-refractivity contribution in [2.45, 2.75) is 99.5 Å². The third-order valence-electron chi connectivity index (χ3n) is 10.3. The van der Waals surface area contributed by atoms with Crippen LogP contribution >= 0.6 is 0 Å². The summed E-state index contributed by atoms with van der Waals surface area (Å²) in [6.07, 6.45) is 18.6. The summed E-state index contributed by atoms with van der Waals surface area (Å²) in [5.74, 6) is 3.92. The Kier molecular flexibility index (Phi) is 6.56. The van der Waals surface area contributed by atoms with Crippen LogP contribution < -0.4 is 0 Å². The van der Waals surface area contributed by atoms with E-state index in [0.717, 1.165) is 25.2 Å². The maximum Gasteiger partial charge on any atom is 0.302 e. The fourth-order valence-corrected chi connectivity index (χ4v) is 7.75. The van der Waals surface area contributed by atoms with Crippen molar-refractivity contribution in [3.63, 3.8) is 0 Å². The first-order chi connectivity index (χ1) is 15.1. The van der Waals surface area contributed by atoms with Crippen LogP contribution in [-0.4, -0.2) is 12.1 Å². The van der Waals surface area contributed by atoms with Crippen LogP contribution in [0, 0.1) is 46.3 Å². The van der Waals surface area contributed by atoms with Crippen LogP contribution in [0.4, 0.5) is 0 Å². The Balaban J connectivity index is 1.52. The van der Waals surface area contributed by atoms with E-state index in [4.69, 9.17) is 4.74 Å². The quantitative estimate of drug-likeness (QED) is 0.322. The maximum atomic E-state index is 11.5. The van der Waals surface area contributed by atoms with Gasteiger partial charge < -0.3 is 4.74 Å². The number of allylic oxidation sites excluding steroid dienone is 6. The molecule has 4 aliphatic carbocycles. The molecular formula is C30H46O2. The number of hydrogen-bond donors (Lipinski definition) is 0. The van der Waals surface area contributed by atoms with Gasteiger partial charge in [0.15, 0.2) is 0 Å². The van der Waals surface area contributed by atoms with Gasteiger partial charge in [0, 0.05) is 6.92 Å². The van der Waals surface area contributed by atoms with E-state index in [9.17, 15) is 4.79 Å². The summed E-state index contributed by atoms with van der Waals surface area (Å²) in [5, 5.41) is 0. The zero-order valence-corrected chi connectivity index (χ0v) is 21.6. The number of rotatable bonds is 5. The second-order valence-corrected chi connectivity index (χ2v) is 12.4. The van der Waals surface area contributed by atoms with Crippen molar-refractivity contribution in [3.05, 3.63) is 35.5 Å². The zero-order valence-electron chi connectivity index (χ0n) is 21.6. The summed E-state index contributed by atoms with van der Waals surface area (Å²) < 4.78 is 5.62. The summed E-state index contributed by atoms with van der Waals surface area (Å²) >= 11 is 0. The van der Waals surface area contributed by atoms with Gasteiger partial charge in [0.2, 0.25) is 0 Å². The molecule has 0 aromatic carbocycles. The van der Waals surface area contributed by atoms with E-state index >= 15 is 0 Å². The highest BCUT2D eigenvalue weighted by molar-refractivity contribution is 5.66. The van der Waals surface area contributed by atoms with Crippen LogP contribution in [-0.2, 0) is 9.53 Å². The molecule has 0 aromatic heterocycles. The standard InChI is InChI=1S/C30H46O2/c1-19(2)20(3)8-9-21(4)26-12-13-27-25-11-10-23-18-24(32-22(5)31)14-16-29(23,6)28(25)15-17-30(26,27)7/h8-9,11,13,19-21,23-24,26,28H,10,12,14-18H2,1-7H3/t20?,21-,23+,24+,26-,28+,29+,30-/m1/s1. The Labute approximate surface area is 197 Å². The van der Waals surface area contributed by atoms with E-state index in [1.807, 2.05) is 0 Å². The molecule has 0 spiro atoms. The van der Waals surface area contributed by atoms with Gasteiger partial charge in [-0.15, -0.1) is 0 Å². The number of ether oxygens (including phenoxy) is 1. The molecule has 4 rings (SSSR count). The SMILES string of the molecule is CC(=O)O[C@H]1CC[C@@]2(C)[C@@H](CC=C3C4=CC[C@H]([C@H](C)C=CC(C)C(C)C)[C@@]4(C)CC[C@@H]32)C1. The Hall–Kier alpha value is -1.31. The molecule has 0 amide bonds. The number of hydrogen-bond acceptors (Lipinski definition) is 2. The zero-order chi connectivity index (χ0) is 23.3. The molecule has 0 bridgehead atoms. The summed E-state index contributed by atoms with van der Waals surface area (Å²) in [6.45, 7) is 16.1. The average molecular weight is 439 g/mol. The normalized spacial score (nSPS) is 40.8. The van der Waals surface area contributed by atoms with Gasteiger partial charge in [-0.1, -0.05) is 65.8 Å². The van der Waals surface area contributed by atoms with Gasteiger partial charge in [-0.05, 0) is 102 Å². The lowest BCUT2D eigenvalue weighted by Crippen LogP contribution is -2.48. The molecule has 0 aromatic rings. The van der Waals surface area contributed by atoms with E-state index < -0.39 is 0 Å². The monoisotopic (exact) mass is 438 g/mol. The van der Waals surface area contributed by atoms with E-state index in [0.29, 0.717) is 40.4 Å². The fraction of sp³-hybridized carbons (Fsp3) is 0.767. The third kappa shape index (κ3) is 4.05. The lowest BCUT2D eigenvalue weighted by atomic mass is 9.48. The molecule has 1 unspecified atom stereocenters. The topological polar surface area (TPSA) is 26.3 Å². The van der Waals surface area contributed by atoms with Crippen LogP contribution in [0.15, 0.2) is 35.5 Å². The maximum absolute atomic E-state index is 11.5. The first-order valence-electron chi connectivity index (χ1n) is 13.3. The molecule has 2 saturated carbocycles. The van der Waals surface area contributed by atoms with Gasteiger partial charge in [0.25, 0.3) is 0 Å². The second kappa shape index (κ2) is 8.80. The summed E-state index contributed by atoms with van der Waals surface area (Å²) in [5.41, 5.74) is 4.07. The third-order valence-corrected chi connectivity index (χ3v) is 10.3. The Morgan fingerprint density at radius 3 is 2.50 bits per heavy atom. The largest absolute Gasteiger partial charge is 0.463 e.